The first-order valence-corrected chi connectivity index (χ1v) is 22.7. The minimum absolute atomic E-state index is 0. The highest BCUT2D eigenvalue weighted by Gasteiger charge is 2.44. The standard InChI is InChI=1S/C47H81N7O9.ClH/c1-16-29(8)40(52(12)38(27(4)5)45(59)51-46(60)39(28(6)7)53(13)47(61)32(11)50-44(58)37(48)26(2)3)35(62-14)25-36(55)54-24-20-23-34(54)42(63-15)30(9)43(57)49-31(10)41(56)33-21-18-17-19-22-33;/h17-19,21-22,26-32,34-35,37-42,56H,16,20,23-25,48H2,1-15H3,(H,49,57)(H,50,58)(H,51,59,60);1H/t29-,30+,31+,32-,34-,35+,37-,38-,39-,40-,41+,42+;/m0./s1. The third kappa shape index (κ3) is 15.2. The van der Waals surface area contributed by atoms with Crippen LogP contribution in [0.4, 0.5) is 0 Å². The molecule has 1 aliphatic heterocycles. The maximum absolute atomic E-state index is 14.4. The smallest absolute Gasteiger partial charge is 0.249 e. The van der Waals surface area contributed by atoms with Crippen LogP contribution >= 0.6 is 12.4 Å². The van der Waals surface area contributed by atoms with Gasteiger partial charge in [-0.15, -0.1) is 12.4 Å². The third-order valence-electron chi connectivity index (χ3n) is 12.9. The summed E-state index contributed by atoms with van der Waals surface area (Å²) in [5.74, 6) is -4.17. The van der Waals surface area contributed by atoms with Crippen molar-refractivity contribution in [1.82, 2.24) is 30.7 Å². The van der Waals surface area contributed by atoms with Crippen molar-refractivity contribution in [2.24, 2.45) is 35.3 Å². The number of nitrogens with two attached hydrogens (primary N) is 1. The van der Waals surface area contributed by atoms with Gasteiger partial charge in [-0.05, 0) is 63.0 Å². The molecule has 0 radical (unpaired) electrons. The second-order valence-corrected chi connectivity index (χ2v) is 18.6. The second kappa shape index (κ2) is 27.1. The fourth-order valence-corrected chi connectivity index (χ4v) is 9.02. The van der Waals surface area contributed by atoms with Gasteiger partial charge >= 0.3 is 0 Å². The molecule has 1 fully saturated rings. The quantitative estimate of drug-likeness (QED) is 0.101. The van der Waals surface area contributed by atoms with Gasteiger partial charge in [0.25, 0.3) is 0 Å². The molecule has 1 aliphatic rings. The Morgan fingerprint density at radius 1 is 0.812 bits per heavy atom. The zero-order valence-electron chi connectivity index (χ0n) is 41.1. The SMILES string of the molecule is CC[C@H](C)[C@@H]([C@@H](CC(=O)N1CCC[C@H]1[C@H](OC)[C@@H](C)C(=O)N[C@H](C)[C@@H](O)c1ccccc1)OC)N(C)[C@H](C(=O)NC(=O)[C@H](C(C)C)N(C)C(=O)[C@H](C)NC(=O)[C@@H](N)C(C)C)C(C)C.Cl. The molecule has 1 heterocycles. The first kappa shape index (κ1) is 58.3. The van der Waals surface area contributed by atoms with Gasteiger partial charge in [-0.25, -0.2) is 0 Å². The van der Waals surface area contributed by atoms with E-state index in [1.54, 1.807) is 72.7 Å². The lowest BCUT2D eigenvalue weighted by Crippen LogP contribution is -2.61. The Kier molecular flexibility index (Phi) is 24.7. The highest BCUT2D eigenvalue weighted by Crippen LogP contribution is 2.31. The molecule has 16 nitrogen and oxygen atoms in total. The number of imide groups is 1. The Hall–Kier alpha value is -3.67. The molecule has 2 rings (SSSR count). The number of aliphatic hydroxyl groups is 1. The molecular formula is C47H82ClN7O9. The largest absolute Gasteiger partial charge is 0.386 e. The summed E-state index contributed by atoms with van der Waals surface area (Å²) in [4.78, 5) is 87.2. The van der Waals surface area contributed by atoms with E-state index in [-0.39, 0.29) is 60.4 Å². The number of halogens is 1. The number of carbonyl (C=O) groups is 6. The minimum Gasteiger partial charge on any atom is -0.386 e. The number of rotatable bonds is 24. The predicted octanol–water partition coefficient (Wildman–Crippen LogP) is 3.68. The number of ether oxygens (including phenoxy) is 2. The number of aliphatic hydroxyl groups excluding tert-OH is 1. The van der Waals surface area contributed by atoms with E-state index in [4.69, 9.17) is 15.2 Å². The average molecular weight is 925 g/mol. The van der Waals surface area contributed by atoms with Gasteiger partial charge < -0.3 is 40.7 Å². The van der Waals surface area contributed by atoms with E-state index < -0.39 is 84.1 Å². The number of likely N-dealkylation sites (N-methyl/N-ethyl adjacent to an activating group) is 2. The summed E-state index contributed by atoms with van der Waals surface area (Å²) < 4.78 is 12.0. The maximum atomic E-state index is 14.4. The van der Waals surface area contributed by atoms with Crippen LogP contribution in [0, 0.1) is 29.6 Å². The Balaban J connectivity index is 0.0000205. The van der Waals surface area contributed by atoms with Crippen molar-refractivity contribution in [3.05, 3.63) is 35.9 Å². The molecule has 6 amide bonds. The highest BCUT2D eigenvalue weighted by atomic mass is 35.5. The number of nitrogens with zero attached hydrogens (tertiary/aromatic N) is 3. The molecule has 1 aromatic carbocycles. The van der Waals surface area contributed by atoms with Gasteiger partial charge in [0.1, 0.15) is 12.1 Å². The van der Waals surface area contributed by atoms with Gasteiger partial charge in [0.15, 0.2) is 0 Å². The second-order valence-electron chi connectivity index (χ2n) is 18.6. The Morgan fingerprint density at radius 2 is 1.38 bits per heavy atom. The number of hydrogen-bond acceptors (Lipinski definition) is 11. The molecule has 0 saturated carbocycles. The van der Waals surface area contributed by atoms with Crippen molar-refractivity contribution in [1.29, 1.82) is 0 Å². The number of nitrogens with one attached hydrogen (secondary N) is 3. The Labute approximate surface area is 389 Å². The van der Waals surface area contributed by atoms with Crippen LogP contribution in [0.2, 0.25) is 0 Å². The minimum atomic E-state index is -1.03. The molecule has 366 valence electrons. The molecule has 12 atom stereocenters. The third-order valence-corrected chi connectivity index (χ3v) is 12.9. The molecule has 0 spiro atoms. The van der Waals surface area contributed by atoms with Crippen LogP contribution in [0.3, 0.4) is 0 Å². The summed E-state index contributed by atoms with van der Waals surface area (Å²) in [5.41, 5.74) is 6.67. The van der Waals surface area contributed by atoms with Crippen LogP contribution in [0.15, 0.2) is 30.3 Å². The normalized spacial score (nSPS) is 19.3. The monoisotopic (exact) mass is 924 g/mol. The number of hydrogen-bond donors (Lipinski definition) is 5. The van der Waals surface area contributed by atoms with E-state index in [1.165, 1.54) is 26.0 Å². The topological polar surface area (TPSA) is 213 Å². The van der Waals surface area contributed by atoms with E-state index in [2.05, 4.69) is 16.0 Å². The highest BCUT2D eigenvalue weighted by molar-refractivity contribution is 6.02. The zero-order chi connectivity index (χ0) is 48.0. The first-order valence-electron chi connectivity index (χ1n) is 22.7. The first-order chi connectivity index (χ1) is 29.5. The van der Waals surface area contributed by atoms with Crippen molar-refractivity contribution in [2.75, 3.05) is 34.9 Å². The van der Waals surface area contributed by atoms with Gasteiger partial charge in [-0.1, -0.05) is 99.1 Å². The predicted molar refractivity (Wildman–Crippen MR) is 251 cm³/mol. The number of carbonyl (C=O) groups excluding carboxylic acids is 6. The number of amides is 6. The van der Waals surface area contributed by atoms with Gasteiger partial charge in [0, 0.05) is 33.9 Å². The molecule has 0 unspecified atom stereocenters. The number of methoxy groups -OCH3 is 2. The molecule has 0 aromatic heterocycles. The molecule has 1 aromatic rings. The number of likely N-dealkylation sites (tertiary alicyclic amines) is 1. The lowest BCUT2D eigenvalue weighted by molar-refractivity contribution is -0.147. The van der Waals surface area contributed by atoms with E-state index in [0.717, 1.165) is 6.42 Å². The summed E-state index contributed by atoms with van der Waals surface area (Å²) in [6.45, 7) is 20.5. The van der Waals surface area contributed by atoms with Crippen LogP contribution in [0.5, 0.6) is 0 Å². The van der Waals surface area contributed by atoms with Gasteiger partial charge in [-0.2, -0.15) is 0 Å². The summed E-state index contributed by atoms with van der Waals surface area (Å²) in [5, 5.41) is 19.1. The lowest BCUT2D eigenvalue weighted by Gasteiger charge is -2.43. The Morgan fingerprint density at radius 3 is 1.88 bits per heavy atom. The summed E-state index contributed by atoms with van der Waals surface area (Å²) >= 11 is 0. The average Bonchev–Trinajstić information content (AvgIpc) is 3.72. The number of benzene rings is 1. The van der Waals surface area contributed by atoms with Crippen molar-refractivity contribution >= 4 is 47.9 Å². The lowest BCUT2D eigenvalue weighted by atomic mass is 9.87. The van der Waals surface area contributed by atoms with Gasteiger partial charge in [0.05, 0.1) is 54.8 Å². The molecule has 0 bridgehead atoms. The van der Waals surface area contributed by atoms with E-state index in [9.17, 15) is 33.9 Å². The van der Waals surface area contributed by atoms with Gasteiger partial charge in [-0.3, -0.25) is 39.0 Å². The Bertz CT molecular complexity index is 1650. The molecule has 64 heavy (non-hydrogen) atoms. The maximum Gasteiger partial charge on any atom is 0.249 e. The summed E-state index contributed by atoms with van der Waals surface area (Å²) in [6, 6.07) is 4.09. The van der Waals surface area contributed by atoms with Crippen LogP contribution in [0.1, 0.15) is 114 Å². The van der Waals surface area contributed by atoms with Crippen LogP contribution in [0.25, 0.3) is 0 Å². The van der Waals surface area contributed by atoms with Crippen molar-refractivity contribution < 1.29 is 43.3 Å². The molecule has 1 saturated heterocycles. The summed E-state index contributed by atoms with van der Waals surface area (Å²) in [7, 11) is 6.36. The van der Waals surface area contributed by atoms with E-state index in [0.29, 0.717) is 24.9 Å². The van der Waals surface area contributed by atoms with Crippen molar-refractivity contribution in [2.45, 2.75) is 162 Å². The van der Waals surface area contributed by atoms with Gasteiger partial charge in [0.2, 0.25) is 35.4 Å². The van der Waals surface area contributed by atoms with Crippen LogP contribution < -0.4 is 21.7 Å². The molecular weight excluding hydrogens is 842 g/mol. The van der Waals surface area contributed by atoms with Crippen LogP contribution in [-0.4, -0.2) is 145 Å². The molecule has 0 aliphatic carbocycles. The fraction of sp³-hybridized carbons (Fsp3) is 0.745. The van der Waals surface area contributed by atoms with Crippen LogP contribution in [-0.2, 0) is 38.2 Å². The summed E-state index contributed by atoms with van der Waals surface area (Å²) in [6.07, 6.45) is -0.119. The van der Waals surface area contributed by atoms with Crippen molar-refractivity contribution in [3.8, 4) is 0 Å². The van der Waals surface area contributed by atoms with E-state index >= 15 is 0 Å². The van der Waals surface area contributed by atoms with Crippen molar-refractivity contribution in [3.63, 3.8) is 0 Å². The zero-order valence-corrected chi connectivity index (χ0v) is 41.9. The van der Waals surface area contributed by atoms with E-state index in [1.807, 2.05) is 50.8 Å². The fourth-order valence-electron chi connectivity index (χ4n) is 9.02. The molecule has 6 N–H and O–H groups in total. The molecule has 17 heteroatoms.